The minimum Gasteiger partial charge on any atom is -0.454 e. The zero-order valence-corrected chi connectivity index (χ0v) is 12.2. The Balaban J connectivity index is 2.42. The number of nitrogens with one attached hydrogen (secondary N) is 1. The fourth-order valence-electron chi connectivity index (χ4n) is 1.40. The number of hydrogen-bond donors (Lipinski definition) is 1. The zero-order valence-electron chi connectivity index (χ0n) is 12.2. The summed E-state index contributed by atoms with van der Waals surface area (Å²) in [5, 5.41) is 1.98. The van der Waals surface area contributed by atoms with Gasteiger partial charge in [0.15, 0.2) is 6.61 Å². The third-order valence-electron chi connectivity index (χ3n) is 2.38. The molecule has 0 spiro atoms. The van der Waals surface area contributed by atoms with E-state index < -0.39 is 31.0 Å². The number of ether oxygens (including phenoxy) is 3. The number of carbonyl (C=O) groups is 3. The van der Waals surface area contributed by atoms with Crippen molar-refractivity contribution in [3.8, 4) is 5.75 Å². The minimum absolute atomic E-state index is 0.0561. The SMILES string of the molecule is CCOCC(=O)OCC(=O)NC(=O)c1ccc(OC(F)F)cc1. The van der Waals surface area contributed by atoms with Crippen molar-refractivity contribution in [3.05, 3.63) is 29.8 Å². The van der Waals surface area contributed by atoms with Crippen LogP contribution < -0.4 is 10.1 Å². The summed E-state index contributed by atoms with van der Waals surface area (Å²) in [5.74, 6) is -2.44. The Labute approximate surface area is 130 Å². The van der Waals surface area contributed by atoms with Gasteiger partial charge in [0, 0.05) is 12.2 Å². The number of esters is 1. The molecule has 126 valence electrons. The van der Waals surface area contributed by atoms with E-state index in [0.717, 1.165) is 12.1 Å². The van der Waals surface area contributed by atoms with E-state index in [0.29, 0.717) is 6.61 Å². The molecule has 0 aliphatic heterocycles. The van der Waals surface area contributed by atoms with Gasteiger partial charge in [0.1, 0.15) is 12.4 Å². The number of imide groups is 1. The second kappa shape index (κ2) is 9.46. The molecule has 1 aromatic carbocycles. The van der Waals surface area contributed by atoms with Gasteiger partial charge in [-0.15, -0.1) is 0 Å². The highest BCUT2D eigenvalue weighted by Crippen LogP contribution is 2.14. The maximum Gasteiger partial charge on any atom is 0.387 e. The quantitative estimate of drug-likeness (QED) is 0.718. The van der Waals surface area contributed by atoms with Gasteiger partial charge in [0.2, 0.25) is 0 Å². The molecule has 0 aliphatic rings. The monoisotopic (exact) mass is 331 g/mol. The van der Waals surface area contributed by atoms with Crippen molar-refractivity contribution in [1.29, 1.82) is 0 Å². The van der Waals surface area contributed by atoms with Crippen LogP contribution in [0.25, 0.3) is 0 Å². The van der Waals surface area contributed by atoms with Crippen molar-refractivity contribution < 1.29 is 37.4 Å². The molecule has 2 amide bonds. The van der Waals surface area contributed by atoms with Crippen molar-refractivity contribution >= 4 is 17.8 Å². The van der Waals surface area contributed by atoms with Crippen LogP contribution in [0.4, 0.5) is 8.78 Å². The molecule has 9 heteroatoms. The topological polar surface area (TPSA) is 90.9 Å². The second-order valence-electron chi connectivity index (χ2n) is 4.08. The summed E-state index contributed by atoms with van der Waals surface area (Å²) in [6.45, 7) is -1.88. The van der Waals surface area contributed by atoms with Gasteiger partial charge in [-0.2, -0.15) is 8.78 Å². The molecule has 1 aromatic rings. The molecule has 1 N–H and O–H groups in total. The number of rotatable bonds is 8. The molecule has 0 heterocycles. The molecular formula is C14H15F2NO6. The molecule has 0 radical (unpaired) electrons. The van der Waals surface area contributed by atoms with Crippen LogP contribution in [0.3, 0.4) is 0 Å². The largest absolute Gasteiger partial charge is 0.454 e. The Morgan fingerprint density at radius 3 is 2.35 bits per heavy atom. The average molecular weight is 331 g/mol. The lowest BCUT2D eigenvalue weighted by molar-refractivity contribution is -0.152. The standard InChI is InChI=1S/C14H15F2NO6/c1-2-21-8-12(19)22-7-11(18)17-13(20)9-3-5-10(6-4-9)23-14(15)16/h3-6,14H,2,7-8H2,1H3,(H,17,18,20). The van der Waals surface area contributed by atoms with Crippen molar-refractivity contribution in [1.82, 2.24) is 5.32 Å². The van der Waals surface area contributed by atoms with E-state index in [4.69, 9.17) is 4.74 Å². The summed E-state index contributed by atoms with van der Waals surface area (Å²) in [5.41, 5.74) is 0.0561. The van der Waals surface area contributed by atoms with Gasteiger partial charge < -0.3 is 14.2 Å². The summed E-state index contributed by atoms with van der Waals surface area (Å²) in [6.07, 6.45) is 0. The van der Waals surface area contributed by atoms with E-state index >= 15 is 0 Å². The number of carbonyl (C=O) groups excluding carboxylic acids is 3. The van der Waals surface area contributed by atoms with Crippen molar-refractivity contribution in [2.24, 2.45) is 0 Å². The van der Waals surface area contributed by atoms with Crippen LogP contribution in [-0.2, 0) is 19.1 Å². The predicted octanol–water partition coefficient (Wildman–Crippen LogP) is 1.12. The van der Waals surface area contributed by atoms with Gasteiger partial charge in [0.05, 0.1) is 0 Å². The van der Waals surface area contributed by atoms with E-state index in [1.807, 2.05) is 5.32 Å². The predicted molar refractivity (Wildman–Crippen MR) is 73.0 cm³/mol. The summed E-state index contributed by atoms with van der Waals surface area (Å²) in [6, 6.07) is 4.74. The van der Waals surface area contributed by atoms with Gasteiger partial charge in [-0.05, 0) is 31.2 Å². The van der Waals surface area contributed by atoms with Crippen molar-refractivity contribution in [2.75, 3.05) is 19.8 Å². The van der Waals surface area contributed by atoms with Crippen LogP contribution in [0.5, 0.6) is 5.75 Å². The Bertz CT molecular complexity index is 547. The van der Waals surface area contributed by atoms with E-state index in [2.05, 4.69) is 9.47 Å². The fourth-order valence-corrected chi connectivity index (χ4v) is 1.40. The first-order chi connectivity index (χ1) is 10.9. The Hall–Kier alpha value is -2.55. The van der Waals surface area contributed by atoms with Crippen LogP contribution >= 0.6 is 0 Å². The molecule has 0 saturated carbocycles. The van der Waals surface area contributed by atoms with Crippen LogP contribution in [-0.4, -0.2) is 44.2 Å². The van der Waals surface area contributed by atoms with E-state index in [1.165, 1.54) is 12.1 Å². The Morgan fingerprint density at radius 1 is 1.13 bits per heavy atom. The molecule has 0 aromatic heterocycles. The third kappa shape index (κ3) is 7.32. The maximum atomic E-state index is 12.0. The van der Waals surface area contributed by atoms with Gasteiger partial charge in [-0.3, -0.25) is 14.9 Å². The van der Waals surface area contributed by atoms with Gasteiger partial charge in [-0.25, -0.2) is 4.79 Å². The van der Waals surface area contributed by atoms with Crippen molar-refractivity contribution in [3.63, 3.8) is 0 Å². The normalized spacial score (nSPS) is 10.3. The van der Waals surface area contributed by atoms with E-state index in [-0.39, 0.29) is 17.9 Å². The molecule has 0 unspecified atom stereocenters. The van der Waals surface area contributed by atoms with E-state index in [9.17, 15) is 23.2 Å². The lowest BCUT2D eigenvalue weighted by atomic mass is 10.2. The third-order valence-corrected chi connectivity index (χ3v) is 2.38. The summed E-state index contributed by atoms with van der Waals surface area (Å²) in [4.78, 5) is 34.3. The van der Waals surface area contributed by atoms with Crippen LogP contribution in [0.15, 0.2) is 24.3 Å². The van der Waals surface area contributed by atoms with Crippen LogP contribution in [0.1, 0.15) is 17.3 Å². The van der Waals surface area contributed by atoms with Gasteiger partial charge in [-0.1, -0.05) is 0 Å². The number of amides is 2. The number of benzene rings is 1. The molecule has 7 nitrogen and oxygen atoms in total. The Morgan fingerprint density at radius 2 is 1.78 bits per heavy atom. The molecule has 0 aliphatic carbocycles. The van der Waals surface area contributed by atoms with Gasteiger partial charge in [0.25, 0.3) is 11.8 Å². The molecular weight excluding hydrogens is 316 g/mol. The van der Waals surface area contributed by atoms with Gasteiger partial charge >= 0.3 is 12.6 Å². The second-order valence-corrected chi connectivity index (χ2v) is 4.08. The fraction of sp³-hybridized carbons (Fsp3) is 0.357. The molecule has 1 rings (SSSR count). The first kappa shape index (κ1) is 18.5. The molecule has 0 bridgehead atoms. The Kier molecular flexibility index (Phi) is 7.61. The smallest absolute Gasteiger partial charge is 0.387 e. The average Bonchev–Trinajstić information content (AvgIpc) is 2.51. The summed E-state index contributed by atoms with van der Waals surface area (Å²) >= 11 is 0. The zero-order chi connectivity index (χ0) is 17.2. The maximum absolute atomic E-state index is 12.0. The highest BCUT2D eigenvalue weighted by Gasteiger charge is 2.13. The minimum atomic E-state index is -2.97. The van der Waals surface area contributed by atoms with Crippen molar-refractivity contribution in [2.45, 2.75) is 13.5 Å². The summed E-state index contributed by atoms with van der Waals surface area (Å²) in [7, 11) is 0. The molecule has 0 atom stereocenters. The lowest BCUT2D eigenvalue weighted by Crippen LogP contribution is -2.34. The van der Waals surface area contributed by atoms with Crippen LogP contribution in [0.2, 0.25) is 0 Å². The summed E-state index contributed by atoms with van der Waals surface area (Å²) < 4.78 is 37.4. The first-order valence-corrected chi connectivity index (χ1v) is 6.54. The number of alkyl halides is 2. The molecule has 0 fully saturated rings. The van der Waals surface area contributed by atoms with Crippen LogP contribution in [0, 0.1) is 0 Å². The highest BCUT2D eigenvalue weighted by atomic mass is 19.3. The highest BCUT2D eigenvalue weighted by molar-refractivity contribution is 6.05. The molecule has 23 heavy (non-hydrogen) atoms. The number of halogens is 2. The number of hydrogen-bond acceptors (Lipinski definition) is 6. The molecule has 0 saturated heterocycles. The lowest BCUT2D eigenvalue weighted by Gasteiger charge is -2.07. The first-order valence-electron chi connectivity index (χ1n) is 6.54. The van der Waals surface area contributed by atoms with E-state index in [1.54, 1.807) is 6.92 Å².